The molecule has 0 saturated carbocycles. The summed E-state index contributed by atoms with van der Waals surface area (Å²) in [5.74, 6) is 0.894. The Balaban J connectivity index is 2.30. The van der Waals surface area contributed by atoms with Crippen molar-refractivity contribution in [3.05, 3.63) is 48.2 Å². The maximum absolute atomic E-state index is 5.20. The van der Waals surface area contributed by atoms with Crippen molar-refractivity contribution >= 4 is 5.69 Å². The molecule has 0 amide bonds. The molecule has 0 aliphatic carbocycles. The van der Waals surface area contributed by atoms with E-state index in [1.165, 1.54) is 11.3 Å². The topological polar surface area (TPSA) is 12.5 Å². The quantitative estimate of drug-likeness (QED) is 0.796. The molecule has 2 nitrogen and oxygen atoms in total. The number of allylic oxidation sites excluding steroid dienone is 2. The van der Waals surface area contributed by atoms with E-state index in [1.807, 2.05) is 12.1 Å². The van der Waals surface area contributed by atoms with Crippen molar-refractivity contribution in [2.75, 3.05) is 18.6 Å². The largest absolute Gasteiger partial charge is 0.497 e. The van der Waals surface area contributed by atoms with Gasteiger partial charge in [0.15, 0.2) is 0 Å². The van der Waals surface area contributed by atoms with E-state index in [1.54, 1.807) is 7.11 Å². The molecule has 1 heterocycles. The van der Waals surface area contributed by atoms with Gasteiger partial charge in [0.2, 0.25) is 0 Å². The van der Waals surface area contributed by atoms with E-state index >= 15 is 0 Å². The highest BCUT2D eigenvalue weighted by atomic mass is 16.5. The first-order valence-corrected chi connectivity index (χ1v) is 6.73. The average molecular weight is 257 g/mol. The fourth-order valence-corrected chi connectivity index (χ4v) is 2.59. The van der Waals surface area contributed by atoms with Gasteiger partial charge in [-0.25, -0.2) is 0 Å². The fraction of sp³-hybridized carbons (Fsp3) is 0.412. The Bertz CT molecular complexity index is 496. The molecule has 1 aromatic carbocycles. The summed E-state index contributed by atoms with van der Waals surface area (Å²) in [5, 5.41) is 0. The molecule has 0 atom stereocenters. The van der Waals surface area contributed by atoms with Gasteiger partial charge in [-0.15, -0.1) is 0 Å². The molecule has 2 rings (SSSR count). The van der Waals surface area contributed by atoms with Crippen molar-refractivity contribution in [3.63, 3.8) is 0 Å². The minimum atomic E-state index is 0.217. The normalized spacial score (nSPS) is 17.9. The van der Waals surface area contributed by atoms with Gasteiger partial charge in [0.05, 0.1) is 7.11 Å². The monoisotopic (exact) mass is 257 g/mol. The average Bonchev–Trinajstić information content (AvgIpc) is 2.38. The zero-order valence-electron chi connectivity index (χ0n) is 12.4. The van der Waals surface area contributed by atoms with E-state index in [-0.39, 0.29) is 5.41 Å². The first kappa shape index (κ1) is 13.7. The van der Waals surface area contributed by atoms with Gasteiger partial charge in [-0.2, -0.15) is 0 Å². The van der Waals surface area contributed by atoms with Gasteiger partial charge in [0.1, 0.15) is 5.75 Å². The third-order valence-electron chi connectivity index (χ3n) is 3.86. The highest BCUT2D eigenvalue weighted by Crippen LogP contribution is 2.39. The zero-order valence-corrected chi connectivity index (χ0v) is 12.4. The van der Waals surface area contributed by atoms with Crippen molar-refractivity contribution in [3.8, 4) is 5.75 Å². The van der Waals surface area contributed by atoms with Gasteiger partial charge in [-0.05, 0) is 48.6 Å². The van der Waals surface area contributed by atoms with Crippen molar-refractivity contribution in [1.29, 1.82) is 0 Å². The van der Waals surface area contributed by atoms with Gasteiger partial charge >= 0.3 is 0 Å². The Kier molecular flexibility index (Phi) is 3.70. The van der Waals surface area contributed by atoms with Crippen LogP contribution in [0.2, 0.25) is 0 Å². The van der Waals surface area contributed by atoms with Crippen LogP contribution >= 0.6 is 0 Å². The second kappa shape index (κ2) is 5.12. The molecule has 0 aromatic heterocycles. The number of anilines is 1. The van der Waals surface area contributed by atoms with Gasteiger partial charge in [0, 0.05) is 18.4 Å². The Morgan fingerprint density at radius 1 is 1.26 bits per heavy atom. The van der Waals surface area contributed by atoms with Crippen molar-refractivity contribution in [1.82, 2.24) is 0 Å². The van der Waals surface area contributed by atoms with E-state index in [2.05, 4.69) is 50.6 Å². The number of nitrogens with zero attached hydrogens (tertiary/aromatic N) is 1. The Morgan fingerprint density at radius 2 is 1.89 bits per heavy atom. The first-order valence-electron chi connectivity index (χ1n) is 6.73. The van der Waals surface area contributed by atoms with Gasteiger partial charge in [0.25, 0.3) is 0 Å². The lowest BCUT2D eigenvalue weighted by molar-refractivity contribution is 0.400. The summed E-state index contributed by atoms with van der Waals surface area (Å²) in [6.45, 7) is 11.8. The smallest absolute Gasteiger partial charge is 0.119 e. The number of rotatable bonds is 3. The van der Waals surface area contributed by atoms with Crippen LogP contribution in [0.5, 0.6) is 5.75 Å². The number of methoxy groups -OCH3 is 1. The summed E-state index contributed by atoms with van der Waals surface area (Å²) in [7, 11) is 1.69. The molecule has 1 aromatic rings. The predicted octanol–water partition coefficient (Wildman–Crippen LogP) is 4.39. The van der Waals surface area contributed by atoms with E-state index < -0.39 is 0 Å². The van der Waals surface area contributed by atoms with Crippen LogP contribution in [0.15, 0.2) is 48.2 Å². The lowest BCUT2D eigenvalue weighted by Gasteiger charge is -2.38. The number of ether oxygens (including phenoxy) is 1. The maximum Gasteiger partial charge on any atom is 0.119 e. The number of hydrogen-bond acceptors (Lipinski definition) is 2. The molecule has 0 unspecified atom stereocenters. The minimum Gasteiger partial charge on any atom is -0.497 e. The molecule has 0 saturated heterocycles. The zero-order chi connectivity index (χ0) is 14.0. The summed E-state index contributed by atoms with van der Waals surface area (Å²) < 4.78 is 5.20. The second-order valence-electron chi connectivity index (χ2n) is 5.85. The van der Waals surface area contributed by atoms with Crippen LogP contribution in [0.25, 0.3) is 0 Å². The minimum absolute atomic E-state index is 0.217. The lowest BCUT2D eigenvalue weighted by atomic mass is 9.76. The number of hydrogen-bond donors (Lipinski definition) is 0. The molecule has 19 heavy (non-hydrogen) atoms. The Morgan fingerprint density at radius 3 is 2.42 bits per heavy atom. The third kappa shape index (κ3) is 2.83. The molecule has 0 radical (unpaired) electrons. The molecule has 0 spiro atoms. The molecule has 1 aliphatic heterocycles. The van der Waals surface area contributed by atoms with Crippen molar-refractivity contribution in [2.24, 2.45) is 5.41 Å². The summed E-state index contributed by atoms with van der Waals surface area (Å²) in [5.41, 5.74) is 3.92. The molecule has 2 heteroatoms. The molecule has 1 aliphatic rings. The standard InChI is InChI=1S/C17H23NO/c1-13(2)16-12-18(11-10-17(16,3)4)14-6-8-15(19-5)9-7-14/h6-9,12H,1,10-11H2,2-5H3. The molecule has 0 N–H and O–H groups in total. The highest BCUT2D eigenvalue weighted by Gasteiger charge is 2.29. The Hall–Kier alpha value is -1.70. The maximum atomic E-state index is 5.20. The van der Waals surface area contributed by atoms with Gasteiger partial charge in [-0.1, -0.05) is 26.0 Å². The summed E-state index contributed by atoms with van der Waals surface area (Å²) in [6, 6.07) is 8.21. The second-order valence-corrected chi connectivity index (χ2v) is 5.85. The van der Waals surface area contributed by atoms with Crippen molar-refractivity contribution in [2.45, 2.75) is 27.2 Å². The molecule has 0 fully saturated rings. The third-order valence-corrected chi connectivity index (χ3v) is 3.86. The Labute approximate surface area is 116 Å². The SMILES string of the molecule is C=C(C)C1=CN(c2ccc(OC)cc2)CCC1(C)C. The molecular weight excluding hydrogens is 234 g/mol. The highest BCUT2D eigenvalue weighted by molar-refractivity contribution is 5.54. The van der Waals surface area contributed by atoms with Crippen molar-refractivity contribution < 1.29 is 4.74 Å². The van der Waals surface area contributed by atoms with Gasteiger partial charge < -0.3 is 9.64 Å². The van der Waals surface area contributed by atoms with Crippen LogP contribution in [0.4, 0.5) is 5.69 Å². The number of benzene rings is 1. The van der Waals surface area contributed by atoms with Gasteiger partial charge in [-0.3, -0.25) is 0 Å². The van der Waals surface area contributed by atoms with Crippen LogP contribution in [-0.4, -0.2) is 13.7 Å². The van der Waals surface area contributed by atoms with E-state index in [4.69, 9.17) is 4.74 Å². The fourth-order valence-electron chi connectivity index (χ4n) is 2.59. The summed E-state index contributed by atoms with van der Waals surface area (Å²) in [4.78, 5) is 2.30. The molecular formula is C17H23NO. The van der Waals surface area contributed by atoms with Crippen LogP contribution in [0.3, 0.4) is 0 Å². The van der Waals surface area contributed by atoms with E-state index in [9.17, 15) is 0 Å². The first-order chi connectivity index (χ1) is 8.94. The molecule has 0 bridgehead atoms. The molecule has 102 valence electrons. The van der Waals surface area contributed by atoms with Crippen LogP contribution in [0.1, 0.15) is 27.2 Å². The van der Waals surface area contributed by atoms with E-state index in [0.717, 1.165) is 24.3 Å². The lowest BCUT2D eigenvalue weighted by Crippen LogP contribution is -2.32. The van der Waals surface area contributed by atoms with Crippen LogP contribution in [-0.2, 0) is 0 Å². The summed E-state index contributed by atoms with van der Waals surface area (Å²) >= 11 is 0. The van der Waals surface area contributed by atoms with Crippen LogP contribution in [0, 0.1) is 5.41 Å². The summed E-state index contributed by atoms with van der Waals surface area (Å²) in [6.07, 6.45) is 3.38. The van der Waals surface area contributed by atoms with E-state index in [0.29, 0.717) is 0 Å². The predicted molar refractivity (Wildman–Crippen MR) is 81.6 cm³/mol. The van der Waals surface area contributed by atoms with Crippen LogP contribution < -0.4 is 9.64 Å².